The first-order valence-corrected chi connectivity index (χ1v) is 17.5. The first-order valence-electron chi connectivity index (χ1n) is 17.5. The van der Waals surface area contributed by atoms with Crippen molar-refractivity contribution in [3.63, 3.8) is 0 Å². The van der Waals surface area contributed by atoms with Gasteiger partial charge < -0.3 is 19.4 Å². The number of nitrogens with zero attached hydrogens (tertiary/aromatic N) is 3. The summed E-state index contributed by atoms with van der Waals surface area (Å²) in [4.78, 5) is 0. The van der Waals surface area contributed by atoms with Crippen LogP contribution >= 0.6 is 0 Å². The van der Waals surface area contributed by atoms with Gasteiger partial charge in [-0.25, -0.2) is 0 Å². The summed E-state index contributed by atoms with van der Waals surface area (Å²) in [6, 6.07) is 48.8. The number of rotatable bonds is 9. The zero-order valence-electron chi connectivity index (χ0n) is 27.4. The van der Waals surface area contributed by atoms with Crippen molar-refractivity contribution in [1.82, 2.24) is 13.7 Å². The van der Waals surface area contributed by atoms with Crippen LogP contribution in [0.2, 0.25) is 0 Å². The molecule has 1 unspecified atom stereocenters. The van der Waals surface area contributed by atoms with Crippen LogP contribution in [-0.2, 0) is 0 Å². The molecule has 4 heteroatoms. The van der Waals surface area contributed by atoms with Crippen LogP contribution in [0, 0.1) is 0 Å². The summed E-state index contributed by atoms with van der Waals surface area (Å²) in [5.74, 6) is 0. The van der Waals surface area contributed by atoms with Gasteiger partial charge in [-0.05, 0) is 55.0 Å². The Morgan fingerprint density at radius 1 is 0.458 bits per heavy atom. The second-order valence-electron chi connectivity index (χ2n) is 13.3. The third-order valence-electron chi connectivity index (χ3n) is 10.4. The summed E-state index contributed by atoms with van der Waals surface area (Å²) in [6.07, 6.45) is 7.16. The molecule has 4 nitrogen and oxygen atoms in total. The molecule has 1 atom stereocenters. The van der Waals surface area contributed by atoms with Crippen LogP contribution in [0.1, 0.15) is 51.6 Å². The SMILES string of the molecule is CCCCCCCC(N)n1c2ccccc2c2cc(-n3c4ccccc4c4ccc5c6ccccc6n(-c6ccccc6)c5c43)ccc21. The zero-order chi connectivity index (χ0) is 32.2. The van der Waals surface area contributed by atoms with Crippen LogP contribution in [0.5, 0.6) is 0 Å². The van der Waals surface area contributed by atoms with Crippen LogP contribution in [0.4, 0.5) is 0 Å². The van der Waals surface area contributed by atoms with E-state index in [1.54, 1.807) is 0 Å². The second-order valence-corrected chi connectivity index (χ2v) is 13.3. The molecule has 9 aromatic rings. The van der Waals surface area contributed by atoms with Crippen molar-refractivity contribution in [2.75, 3.05) is 0 Å². The lowest BCUT2D eigenvalue weighted by molar-refractivity contribution is 0.471. The quantitative estimate of drug-likeness (QED) is 0.160. The Morgan fingerprint density at radius 2 is 0.979 bits per heavy atom. The molecule has 9 rings (SSSR count). The summed E-state index contributed by atoms with van der Waals surface area (Å²) in [5.41, 5.74) is 16.6. The summed E-state index contributed by atoms with van der Waals surface area (Å²) >= 11 is 0. The molecule has 3 heterocycles. The molecular weight excluding hydrogens is 585 g/mol. The molecule has 0 saturated heterocycles. The van der Waals surface area contributed by atoms with E-state index in [1.807, 2.05) is 0 Å². The summed E-state index contributed by atoms with van der Waals surface area (Å²) in [7, 11) is 0. The van der Waals surface area contributed by atoms with Crippen molar-refractivity contribution in [2.45, 2.75) is 51.6 Å². The molecule has 3 aromatic heterocycles. The normalized spacial score (nSPS) is 12.8. The van der Waals surface area contributed by atoms with Gasteiger partial charge >= 0.3 is 0 Å². The minimum atomic E-state index is -0.0608. The zero-order valence-corrected chi connectivity index (χ0v) is 27.4. The standard InChI is InChI=1S/C44H40N4/c1-2-3-4-5-9-24-42(45)48-40-23-15-12-20-34(40)37-29-31(25-28-41(37)48)47-39-22-14-11-19-33(39)36-27-26-35-32-18-10-13-21-38(32)46(43(35)44(36)47)30-16-7-6-8-17-30/h6-8,10-23,25-29,42H,2-5,9,24,45H2,1H3. The third-order valence-corrected chi connectivity index (χ3v) is 10.4. The van der Waals surface area contributed by atoms with E-state index in [9.17, 15) is 0 Å². The molecule has 0 fully saturated rings. The molecule has 0 saturated carbocycles. The monoisotopic (exact) mass is 624 g/mol. The Hall–Kier alpha value is -5.32. The Balaban J connectivity index is 1.32. The molecule has 0 radical (unpaired) electrons. The van der Waals surface area contributed by atoms with Crippen LogP contribution in [-0.4, -0.2) is 13.7 Å². The average Bonchev–Trinajstić information content (AvgIpc) is 3.77. The number of unbranched alkanes of at least 4 members (excludes halogenated alkanes) is 4. The number of nitrogens with two attached hydrogens (primary N) is 1. The lowest BCUT2D eigenvalue weighted by Crippen LogP contribution is -2.18. The first-order chi connectivity index (χ1) is 23.7. The minimum absolute atomic E-state index is 0.0608. The van der Waals surface area contributed by atoms with Crippen molar-refractivity contribution in [3.05, 3.63) is 133 Å². The van der Waals surface area contributed by atoms with E-state index in [4.69, 9.17) is 5.73 Å². The van der Waals surface area contributed by atoms with E-state index < -0.39 is 0 Å². The number of fused-ring (bicyclic) bond motifs is 10. The van der Waals surface area contributed by atoms with Gasteiger partial charge in [0.05, 0.1) is 39.3 Å². The third kappa shape index (κ3) is 4.40. The number of aromatic nitrogens is 3. The Bertz CT molecular complexity index is 2600. The number of hydrogen-bond acceptors (Lipinski definition) is 1. The fourth-order valence-electron chi connectivity index (χ4n) is 8.19. The average molecular weight is 625 g/mol. The largest absolute Gasteiger partial charge is 0.324 e. The maximum atomic E-state index is 6.99. The predicted molar refractivity (Wildman–Crippen MR) is 205 cm³/mol. The van der Waals surface area contributed by atoms with Gasteiger partial charge in [-0.1, -0.05) is 124 Å². The topological polar surface area (TPSA) is 40.8 Å². The highest BCUT2D eigenvalue weighted by molar-refractivity contribution is 6.24. The summed E-state index contributed by atoms with van der Waals surface area (Å²) in [6.45, 7) is 2.27. The Labute approximate surface area is 280 Å². The van der Waals surface area contributed by atoms with Gasteiger partial charge in [0.15, 0.2) is 0 Å². The van der Waals surface area contributed by atoms with Crippen molar-refractivity contribution < 1.29 is 0 Å². The number of benzene rings is 6. The molecule has 0 aliphatic carbocycles. The van der Waals surface area contributed by atoms with Crippen LogP contribution < -0.4 is 5.73 Å². The van der Waals surface area contributed by atoms with E-state index >= 15 is 0 Å². The lowest BCUT2D eigenvalue weighted by atomic mass is 10.1. The van der Waals surface area contributed by atoms with Crippen molar-refractivity contribution in [3.8, 4) is 11.4 Å². The molecule has 6 aromatic carbocycles. The van der Waals surface area contributed by atoms with Gasteiger partial charge in [-0.15, -0.1) is 0 Å². The molecule has 0 bridgehead atoms. The van der Waals surface area contributed by atoms with Crippen molar-refractivity contribution >= 4 is 65.4 Å². The van der Waals surface area contributed by atoms with Crippen LogP contribution in [0.3, 0.4) is 0 Å². The van der Waals surface area contributed by atoms with E-state index in [0.717, 1.165) is 24.2 Å². The Kier molecular flexibility index (Phi) is 7.05. The highest BCUT2D eigenvalue weighted by Crippen LogP contribution is 2.42. The van der Waals surface area contributed by atoms with Gasteiger partial charge in [-0.3, -0.25) is 0 Å². The highest BCUT2D eigenvalue weighted by atomic mass is 15.1. The van der Waals surface area contributed by atoms with Crippen LogP contribution in [0.15, 0.2) is 133 Å². The van der Waals surface area contributed by atoms with Crippen molar-refractivity contribution in [1.29, 1.82) is 0 Å². The fraction of sp³-hybridized carbons (Fsp3) is 0.182. The van der Waals surface area contributed by atoms with Crippen molar-refractivity contribution in [2.24, 2.45) is 5.73 Å². The van der Waals surface area contributed by atoms with Gasteiger partial charge in [0, 0.05) is 43.7 Å². The second kappa shape index (κ2) is 11.7. The summed E-state index contributed by atoms with van der Waals surface area (Å²) in [5, 5.41) is 7.52. The predicted octanol–water partition coefficient (Wildman–Crippen LogP) is 11.8. The minimum Gasteiger partial charge on any atom is -0.324 e. The Morgan fingerprint density at radius 3 is 1.62 bits per heavy atom. The molecule has 0 amide bonds. The maximum Gasteiger partial charge on any atom is 0.0820 e. The molecule has 2 N–H and O–H groups in total. The lowest BCUT2D eigenvalue weighted by Gasteiger charge is -2.17. The van der Waals surface area contributed by atoms with E-state index in [1.165, 1.54) is 91.1 Å². The molecular formula is C44H40N4. The number of para-hydroxylation sites is 4. The first kappa shape index (κ1) is 28.9. The van der Waals surface area contributed by atoms with Gasteiger partial charge in [0.25, 0.3) is 0 Å². The molecule has 48 heavy (non-hydrogen) atoms. The van der Waals surface area contributed by atoms with E-state index in [2.05, 4.69) is 154 Å². The van der Waals surface area contributed by atoms with E-state index in [-0.39, 0.29) is 6.17 Å². The number of hydrogen-bond donors (Lipinski definition) is 1. The highest BCUT2D eigenvalue weighted by Gasteiger charge is 2.22. The molecule has 0 spiro atoms. The smallest absolute Gasteiger partial charge is 0.0820 e. The molecule has 236 valence electrons. The van der Waals surface area contributed by atoms with Gasteiger partial charge in [0.2, 0.25) is 0 Å². The van der Waals surface area contributed by atoms with E-state index in [0.29, 0.717) is 0 Å². The summed E-state index contributed by atoms with van der Waals surface area (Å²) < 4.78 is 7.32. The van der Waals surface area contributed by atoms with Crippen LogP contribution in [0.25, 0.3) is 76.8 Å². The molecule has 0 aliphatic rings. The molecule has 0 aliphatic heterocycles. The fourth-order valence-corrected chi connectivity index (χ4v) is 8.19. The van der Waals surface area contributed by atoms with Gasteiger partial charge in [0.1, 0.15) is 0 Å². The maximum absolute atomic E-state index is 6.99. The van der Waals surface area contributed by atoms with Gasteiger partial charge in [-0.2, -0.15) is 0 Å².